The summed E-state index contributed by atoms with van der Waals surface area (Å²) in [6.07, 6.45) is 6.21. The first-order valence-corrected chi connectivity index (χ1v) is 3.16. The van der Waals surface area contributed by atoms with Gasteiger partial charge in [0, 0.05) is 0 Å². The summed E-state index contributed by atoms with van der Waals surface area (Å²) in [5, 5.41) is 10.2. The van der Waals surface area contributed by atoms with Crippen LogP contribution in [0.4, 0.5) is 0 Å². The number of rotatable bonds is 1. The van der Waals surface area contributed by atoms with Gasteiger partial charge in [0.15, 0.2) is 0 Å². The van der Waals surface area contributed by atoms with Crippen molar-refractivity contribution in [3.8, 4) is 0 Å². The van der Waals surface area contributed by atoms with Crippen molar-refractivity contribution in [2.45, 2.75) is 19.3 Å². The molecular weight excluding hydrogens is 116 g/mol. The van der Waals surface area contributed by atoms with Crippen LogP contribution in [0.3, 0.4) is 0 Å². The molecule has 1 aliphatic carbocycles. The molecule has 1 atom stereocenters. The minimum absolute atomic E-state index is 0.227. The van der Waals surface area contributed by atoms with Gasteiger partial charge >= 0.3 is 5.97 Å². The van der Waals surface area contributed by atoms with Crippen LogP contribution in [-0.2, 0) is 9.90 Å². The van der Waals surface area contributed by atoms with Crippen LogP contribution in [0.2, 0.25) is 0 Å². The molecule has 0 aromatic carbocycles. The van der Waals surface area contributed by atoms with E-state index in [1.54, 1.807) is 0 Å². The number of carbonyl (C=O) groups is 1. The fourth-order valence-corrected chi connectivity index (χ4v) is 1.01. The molecule has 0 spiro atoms. The fraction of sp³-hybridized carbons (Fsp3) is 0.571. The summed E-state index contributed by atoms with van der Waals surface area (Å²) in [6.45, 7) is 0. The van der Waals surface area contributed by atoms with E-state index in [4.69, 9.17) is 0 Å². The smallest absolute Gasteiger partial charge is 0.247 e. The summed E-state index contributed by atoms with van der Waals surface area (Å²) in [7, 11) is 0. The highest BCUT2D eigenvalue weighted by Crippen LogP contribution is 2.17. The lowest BCUT2D eigenvalue weighted by Crippen LogP contribution is -2.12. The summed E-state index contributed by atoms with van der Waals surface area (Å²) in [6, 6.07) is 0. The van der Waals surface area contributed by atoms with Gasteiger partial charge in [-0.25, -0.2) is 9.90 Å². The van der Waals surface area contributed by atoms with E-state index in [1.807, 2.05) is 12.2 Å². The first kappa shape index (κ1) is 6.33. The molecule has 1 unspecified atom stereocenters. The average molecular weight is 125 g/mol. The van der Waals surface area contributed by atoms with Crippen molar-refractivity contribution in [1.82, 2.24) is 0 Å². The molecule has 0 amide bonds. The van der Waals surface area contributed by atoms with Gasteiger partial charge in [-0.15, -0.1) is 0 Å². The van der Waals surface area contributed by atoms with E-state index in [-0.39, 0.29) is 5.92 Å². The van der Waals surface area contributed by atoms with Gasteiger partial charge in [-0.3, -0.25) is 0 Å². The van der Waals surface area contributed by atoms with Crippen LogP contribution in [0.15, 0.2) is 12.2 Å². The van der Waals surface area contributed by atoms with Crippen molar-refractivity contribution in [3.63, 3.8) is 0 Å². The molecule has 2 heteroatoms. The molecule has 1 radical (unpaired) electrons. The molecule has 49 valence electrons. The van der Waals surface area contributed by atoms with Gasteiger partial charge in [-0.2, -0.15) is 0 Å². The molecule has 2 nitrogen and oxygen atoms in total. The van der Waals surface area contributed by atoms with Crippen LogP contribution in [0, 0.1) is 5.92 Å². The quantitative estimate of drug-likeness (QED) is 0.486. The highest BCUT2D eigenvalue weighted by atomic mass is 16.4. The lowest BCUT2D eigenvalue weighted by atomic mass is 9.95. The Balaban J connectivity index is 2.44. The summed E-state index contributed by atoms with van der Waals surface area (Å²) in [4.78, 5) is 10.2. The third-order valence-electron chi connectivity index (χ3n) is 1.60. The molecule has 0 N–H and O–H groups in total. The van der Waals surface area contributed by atoms with Gasteiger partial charge in [0.2, 0.25) is 0 Å². The predicted octanol–water partition coefficient (Wildman–Crippen LogP) is 1.30. The number of allylic oxidation sites excluding steroid dienone is 2. The van der Waals surface area contributed by atoms with Crippen LogP contribution >= 0.6 is 0 Å². The number of hydrogen-bond acceptors (Lipinski definition) is 1. The Morgan fingerprint density at radius 1 is 1.44 bits per heavy atom. The van der Waals surface area contributed by atoms with Crippen molar-refractivity contribution in [2.75, 3.05) is 0 Å². The van der Waals surface area contributed by atoms with E-state index in [1.165, 1.54) is 0 Å². The van der Waals surface area contributed by atoms with Gasteiger partial charge in [0.25, 0.3) is 0 Å². The SMILES string of the molecule is [O]C(=O)C1CC=CCC1. The van der Waals surface area contributed by atoms with Gasteiger partial charge in [-0.1, -0.05) is 12.2 Å². The lowest BCUT2D eigenvalue weighted by Gasteiger charge is -2.09. The molecule has 0 aromatic heterocycles. The van der Waals surface area contributed by atoms with Crippen molar-refractivity contribution in [2.24, 2.45) is 5.92 Å². The van der Waals surface area contributed by atoms with Crippen molar-refractivity contribution in [1.29, 1.82) is 0 Å². The first-order valence-electron chi connectivity index (χ1n) is 3.16. The molecule has 0 fully saturated rings. The zero-order valence-electron chi connectivity index (χ0n) is 5.17. The lowest BCUT2D eigenvalue weighted by molar-refractivity contribution is -0.148. The molecule has 0 aliphatic heterocycles. The molecule has 0 saturated carbocycles. The fourth-order valence-electron chi connectivity index (χ4n) is 1.01. The summed E-state index contributed by atoms with van der Waals surface area (Å²) in [5.74, 6) is -1.13. The topological polar surface area (TPSA) is 37.0 Å². The summed E-state index contributed by atoms with van der Waals surface area (Å²) < 4.78 is 0. The number of hydrogen-bond donors (Lipinski definition) is 0. The Labute approximate surface area is 54.2 Å². The highest BCUT2D eigenvalue weighted by Gasteiger charge is 2.18. The Hall–Kier alpha value is -0.790. The van der Waals surface area contributed by atoms with Crippen LogP contribution in [0.25, 0.3) is 0 Å². The first-order chi connectivity index (χ1) is 4.30. The molecule has 9 heavy (non-hydrogen) atoms. The van der Waals surface area contributed by atoms with Gasteiger partial charge in [-0.05, 0) is 19.3 Å². The van der Waals surface area contributed by atoms with Crippen LogP contribution in [-0.4, -0.2) is 5.97 Å². The van der Waals surface area contributed by atoms with Crippen LogP contribution in [0.5, 0.6) is 0 Å². The van der Waals surface area contributed by atoms with Crippen LogP contribution < -0.4 is 0 Å². The monoisotopic (exact) mass is 125 g/mol. The zero-order valence-corrected chi connectivity index (χ0v) is 5.17. The van der Waals surface area contributed by atoms with E-state index in [0.29, 0.717) is 6.42 Å². The molecule has 0 heterocycles. The number of carbonyl (C=O) groups excluding carboxylic acids is 1. The van der Waals surface area contributed by atoms with Gasteiger partial charge < -0.3 is 0 Å². The predicted molar refractivity (Wildman–Crippen MR) is 32.2 cm³/mol. The Morgan fingerprint density at radius 3 is 2.56 bits per heavy atom. The molecular formula is C7H9O2. The molecule has 1 rings (SSSR count). The summed E-state index contributed by atoms with van der Waals surface area (Å²) >= 11 is 0. The van der Waals surface area contributed by atoms with Crippen LogP contribution in [0.1, 0.15) is 19.3 Å². The minimum Gasteiger partial charge on any atom is -0.247 e. The maximum absolute atomic E-state index is 10.2. The van der Waals surface area contributed by atoms with E-state index in [2.05, 4.69) is 0 Å². The molecule has 0 bridgehead atoms. The van der Waals surface area contributed by atoms with E-state index in [0.717, 1.165) is 12.8 Å². The zero-order chi connectivity index (χ0) is 6.69. The van der Waals surface area contributed by atoms with Gasteiger partial charge in [0.05, 0.1) is 5.92 Å². The Kier molecular flexibility index (Phi) is 1.88. The molecule has 0 aromatic rings. The maximum atomic E-state index is 10.2. The maximum Gasteiger partial charge on any atom is 0.358 e. The van der Waals surface area contributed by atoms with Crippen molar-refractivity contribution < 1.29 is 9.90 Å². The van der Waals surface area contributed by atoms with Crippen molar-refractivity contribution in [3.05, 3.63) is 12.2 Å². The van der Waals surface area contributed by atoms with E-state index >= 15 is 0 Å². The summed E-state index contributed by atoms with van der Waals surface area (Å²) in [5.41, 5.74) is 0. The molecule has 0 saturated heterocycles. The highest BCUT2D eigenvalue weighted by molar-refractivity contribution is 5.69. The standard InChI is InChI=1S/C7H9O2/c8-7(9)6-4-2-1-3-5-6/h1-2,6H,3-5H2. The third-order valence-corrected chi connectivity index (χ3v) is 1.60. The molecule has 1 aliphatic rings. The third kappa shape index (κ3) is 1.56. The van der Waals surface area contributed by atoms with Crippen molar-refractivity contribution >= 4 is 5.97 Å². The second-order valence-corrected chi connectivity index (χ2v) is 2.30. The largest absolute Gasteiger partial charge is 0.358 e. The second kappa shape index (κ2) is 2.67. The Morgan fingerprint density at radius 2 is 2.22 bits per heavy atom. The normalized spacial score (nSPS) is 26.0. The minimum atomic E-state index is -0.903. The van der Waals surface area contributed by atoms with E-state index in [9.17, 15) is 9.90 Å². The Bertz CT molecular complexity index is 138. The van der Waals surface area contributed by atoms with Gasteiger partial charge in [0.1, 0.15) is 0 Å². The second-order valence-electron chi connectivity index (χ2n) is 2.30. The van der Waals surface area contributed by atoms with E-state index < -0.39 is 5.97 Å². The average Bonchev–Trinajstić information content (AvgIpc) is 1.90.